The molecule has 9 nitrogen and oxygen atoms in total. The Labute approximate surface area is 191 Å². The van der Waals surface area contributed by atoms with Gasteiger partial charge in [0, 0.05) is 24.3 Å². The summed E-state index contributed by atoms with van der Waals surface area (Å²) in [5.41, 5.74) is 0.939. The number of pyridine rings is 1. The number of nitrogens with zero attached hydrogens (tertiary/aromatic N) is 2. The first-order chi connectivity index (χ1) is 15.3. The molecule has 0 bridgehead atoms. The summed E-state index contributed by atoms with van der Waals surface area (Å²) in [6, 6.07) is 7.47. The van der Waals surface area contributed by atoms with Crippen LogP contribution in [0.2, 0.25) is 5.15 Å². The molecule has 32 heavy (non-hydrogen) atoms. The lowest BCUT2D eigenvalue weighted by atomic mass is 10.1. The Hall–Kier alpha value is -2.59. The Morgan fingerprint density at radius 3 is 2.66 bits per heavy atom. The van der Waals surface area contributed by atoms with E-state index in [0.29, 0.717) is 54.7 Å². The van der Waals surface area contributed by atoms with Gasteiger partial charge in [-0.1, -0.05) is 11.6 Å². The summed E-state index contributed by atoms with van der Waals surface area (Å²) >= 11 is 6.49. The van der Waals surface area contributed by atoms with E-state index >= 15 is 0 Å². The summed E-state index contributed by atoms with van der Waals surface area (Å²) in [6.45, 7) is 7.30. The molecular formula is C22H27ClN4O5. The fraction of sp³-hybridized carbons (Fsp3) is 0.455. The zero-order valence-corrected chi connectivity index (χ0v) is 19.3. The van der Waals surface area contributed by atoms with E-state index in [-0.39, 0.29) is 6.10 Å². The number of anilines is 2. The van der Waals surface area contributed by atoms with Gasteiger partial charge in [-0.25, -0.2) is 4.98 Å². The van der Waals surface area contributed by atoms with E-state index < -0.39 is 5.79 Å². The van der Waals surface area contributed by atoms with E-state index in [4.69, 9.17) is 35.3 Å². The van der Waals surface area contributed by atoms with E-state index in [2.05, 4.69) is 20.5 Å². The number of ether oxygens (including phenoxy) is 5. The number of methoxy groups -OCH3 is 1. The van der Waals surface area contributed by atoms with Crippen LogP contribution in [-0.4, -0.2) is 60.6 Å². The average Bonchev–Trinajstić information content (AvgIpc) is 3.31. The van der Waals surface area contributed by atoms with E-state index in [1.54, 1.807) is 7.11 Å². The molecule has 4 rings (SSSR count). The number of rotatable bonds is 9. The minimum absolute atomic E-state index is 0.173. The maximum absolute atomic E-state index is 6.49. The van der Waals surface area contributed by atoms with Crippen molar-refractivity contribution in [1.29, 1.82) is 0 Å². The van der Waals surface area contributed by atoms with E-state index in [9.17, 15) is 0 Å². The molecule has 172 valence electrons. The van der Waals surface area contributed by atoms with Crippen molar-refractivity contribution in [2.75, 3.05) is 38.9 Å². The Bertz CT molecular complexity index is 1090. The molecule has 0 spiro atoms. The smallest absolute Gasteiger partial charge is 0.163 e. The fourth-order valence-electron chi connectivity index (χ4n) is 3.39. The van der Waals surface area contributed by atoms with Crippen molar-refractivity contribution in [3.05, 3.63) is 35.1 Å². The molecule has 1 saturated heterocycles. The summed E-state index contributed by atoms with van der Waals surface area (Å²) in [5.74, 6) is 1.75. The average molecular weight is 463 g/mol. The van der Waals surface area contributed by atoms with Crippen LogP contribution in [0.25, 0.3) is 10.8 Å². The van der Waals surface area contributed by atoms with Gasteiger partial charge in [-0.2, -0.15) is 5.10 Å². The fourth-order valence-corrected chi connectivity index (χ4v) is 3.64. The second kappa shape index (κ2) is 9.50. The summed E-state index contributed by atoms with van der Waals surface area (Å²) < 4.78 is 28.5. The van der Waals surface area contributed by atoms with Gasteiger partial charge in [0.1, 0.15) is 30.3 Å². The van der Waals surface area contributed by atoms with Crippen LogP contribution in [0.3, 0.4) is 0 Å². The van der Waals surface area contributed by atoms with Crippen LogP contribution >= 0.6 is 11.6 Å². The zero-order chi connectivity index (χ0) is 22.7. The van der Waals surface area contributed by atoms with Gasteiger partial charge < -0.3 is 29.0 Å². The third-order valence-corrected chi connectivity index (χ3v) is 5.14. The van der Waals surface area contributed by atoms with Crippen LogP contribution in [-0.2, 0) is 14.2 Å². The first-order valence-electron chi connectivity index (χ1n) is 10.3. The number of aromatic nitrogens is 3. The summed E-state index contributed by atoms with van der Waals surface area (Å²) in [4.78, 5) is 4.44. The van der Waals surface area contributed by atoms with Crippen molar-refractivity contribution in [1.82, 2.24) is 15.2 Å². The van der Waals surface area contributed by atoms with Gasteiger partial charge in [0.15, 0.2) is 23.1 Å². The molecule has 1 atom stereocenters. The topological polar surface area (TPSA) is 99.8 Å². The molecule has 0 aliphatic carbocycles. The van der Waals surface area contributed by atoms with E-state index in [1.165, 1.54) is 0 Å². The van der Waals surface area contributed by atoms with Crippen LogP contribution in [0.5, 0.6) is 11.5 Å². The maximum Gasteiger partial charge on any atom is 0.163 e. The highest BCUT2D eigenvalue weighted by atomic mass is 35.5. The highest BCUT2D eigenvalue weighted by Gasteiger charge is 2.33. The quantitative estimate of drug-likeness (QED) is 0.360. The molecule has 0 radical (unpaired) electrons. The predicted molar refractivity (Wildman–Crippen MR) is 121 cm³/mol. The zero-order valence-electron chi connectivity index (χ0n) is 18.5. The third kappa shape index (κ3) is 5.42. The van der Waals surface area contributed by atoms with Crippen molar-refractivity contribution < 1.29 is 23.7 Å². The number of aromatic amines is 1. The number of hydrogen-bond donors (Lipinski definition) is 2. The van der Waals surface area contributed by atoms with Gasteiger partial charge in [0.2, 0.25) is 0 Å². The lowest BCUT2D eigenvalue weighted by Gasteiger charge is -2.19. The summed E-state index contributed by atoms with van der Waals surface area (Å²) in [7, 11) is 1.62. The SMILES string of the molecule is COCCOc1cc2c(Cl)nc(Nc3cc(C)[nH]n3)cc2cc1OCC1COC(C)(C)O1. The molecular weight excluding hydrogens is 436 g/mol. The van der Waals surface area contributed by atoms with Gasteiger partial charge in [-0.15, -0.1) is 0 Å². The largest absolute Gasteiger partial charge is 0.487 e. The van der Waals surface area contributed by atoms with Crippen molar-refractivity contribution in [3.63, 3.8) is 0 Å². The lowest BCUT2D eigenvalue weighted by Crippen LogP contribution is -2.25. The van der Waals surface area contributed by atoms with Crippen LogP contribution < -0.4 is 14.8 Å². The molecule has 10 heteroatoms. The second-order valence-corrected chi connectivity index (χ2v) is 8.34. The first-order valence-corrected chi connectivity index (χ1v) is 10.7. The normalized spacial score (nSPS) is 17.6. The van der Waals surface area contributed by atoms with Crippen molar-refractivity contribution in [2.45, 2.75) is 32.7 Å². The predicted octanol–water partition coefficient (Wildman–Crippen LogP) is 4.22. The molecule has 3 heterocycles. The Kier molecular flexibility index (Phi) is 6.71. The lowest BCUT2D eigenvalue weighted by molar-refractivity contribution is -0.141. The molecule has 1 fully saturated rings. The Morgan fingerprint density at radius 2 is 1.97 bits per heavy atom. The molecule has 1 unspecified atom stereocenters. The number of benzene rings is 1. The number of H-pyrrole nitrogens is 1. The molecule has 1 aliphatic heterocycles. The molecule has 2 N–H and O–H groups in total. The van der Waals surface area contributed by atoms with Crippen molar-refractivity contribution in [2.24, 2.45) is 0 Å². The van der Waals surface area contributed by atoms with Crippen LogP contribution in [0.4, 0.5) is 11.6 Å². The maximum atomic E-state index is 6.49. The van der Waals surface area contributed by atoms with Gasteiger partial charge >= 0.3 is 0 Å². The van der Waals surface area contributed by atoms with Gasteiger partial charge in [0.25, 0.3) is 0 Å². The van der Waals surface area contributed by atoms with E-state index in [1.807, 2.05) is 45.0 Å². The number of aryl methyl sites for hydroxylation is 1. The van der Waals surface area contributed by atoms with E-state index in [0.717, 1.165) is 16.5 Å². The molecule has 0 amide bonds. The monoisotopic (exact) mass is 462 g/mol. The first kappa shape index (κ1) is 22.6. The highest BCUT2D eigenvalue weighted by Crippen LogP contribution is 2.37. The molecule has 1 aromatic carbocycles. The van der Waals surface area contributed by atoms with Gasteiger partial charge in [0.05, 0.1) is 13.2 Å². The third-order valence-electron chi connectivity index (χ3n) is 4.85. The molecule has 2 aromatic heterocycles. The van der Waals surface area contributed by atoms with Crippen LogP contribution in [0.15, 0.2) is 24.3 Å². The van der Waals surface area contributed by atoms with Gasteiger partial charge in [-0.3, -0.25) is 5.10 Å². The second-order valence-electron chi connectivity index (χ2n) is 7.98. The number of hydrogen-bond acceptors (Lipinski definition) is 8. The summed E-state index contributed by atoms with van der Waals surface area (Å²) in [5, 5.41) is 12.2. The molecule has 1 aliphatic rings. The standard InChI is InChI=1S/C22H27ClN4O5/c1-13-7-20(27-26-13)24-19-9-14-8-17(30-11-15-12-31-22(2,3)32-15)18(29-6-5-28-4)10-16(14)21(23)25-19/h7-10,15H,5-6,11-12H2,1-4H3,(H2,24,25,26,27). The van der Waals surface area contributed by atoms with Crippen LogP contribution in [0.1, 0.15) is 19.5 Å². The van der Waals surface area contributed by atoms with Crippen LogP contribution in [0, 0.1) is 6.92 Å². The number of nitrogens with one attached hydrogen (secondary N) is 2. The minimum Gasteiger partial charge on any atom is -0.487 e. The van der Waals surface area contributed by atoms with Gasteiger partial charge in [-0.05, 0) is 44.4 Å². The molecule has 3 aromatic rings. The number of halogens is 1. The number of fused-ring (bicyclic) bond motifs is 1. The van der Waals surface area contributed by atoms with Crippen molar-refractivity contribution >= 4 is 34.0 Å². The summed E-state index contributed by atoms with van der Waals surface area (Å²) in [6.07, 6.45) is -0.173. The minimum atomic E-state index is -0.612. The Balaban J connectivity index is 1.61. The highest BCUT2D eigenvalue weighted by molar-refractivity contribution is 6.34. The Morgan fingerprint density at radius 1 is 1.16 bits per heavy atom. The molecule has 0 saturated carbocycles. The van der Waals surface area contributed by atoms with Crippen molar-refractivity contribution in [3.8, 4) is 11.5 Å².